The van der Waals surface area contributed by atoms with Crippen LogP contribution in [0, 0.1) is 0 Å². The Bertz CT molecular complexity index is 313. The van der Waals surface area contributed by atoms with Crippen molar-refractivity contribution in [3.8, 4) is 0 Å². The molecule has 0 aromatic rings. The quantitative estimate of drug-likeness (QED) is 0.557. The van der Waals surface area contributed by atoms with E-state index in [2.05, 4.69) is 10.6 Å². The number of hydrogen-bond donors (Lipinski definition) is 3. The summed E-state index contributed by atoms with van der Waals surface area (Å²) in [5.74, 6) is -1.38. The molecule has 3 N–H and O–H groups in total. The van der Waals surface area contributed by atoms with Crippen LogP contribution in [0.2, 0.25) is 0 Å². The van der Waals surface area contributed by atoms with E-state index in [4.69, 9.17) is 5.11 Å². The van der Waals surface area contributed by atoms with Crippen LogP contribution in [0.3, 0.4) is 0 Å². The van der Waals surface area contributed by atoms with Crippen molar-refractivity contribution in [1.29, 1.82) is 0 Å². The molecule has 2 amide bonds. The molecule has 0 aromatic heterocycles. The van der Waals surface area contributed by atoms with Gasteiger partial charge in [-0.05, 0) is 26.7 Å². The Hall–Kier alpha value is -1.59. The molecule has 0 aliphatic heterocycles. The standard InChI is InChI=1S/C12H22N2O4/c1-9(15)13-8-6-4-5-7-10(16)14-12(2,3)11(17)18/h4-8H2,1-3H3,(H,13,15)(H,14,16)(H,17,18). The van der Waals surface area contributed by atoms with E-state index in [1.807, 2.05) is 0 Å². The molecule has 0 fully saturated rings. The second-order valence-corrected chi connectivity index (χ2v) is 4.77. The minimum Gasteiger partial charge on any atom is -0.480 e. The Morgan fingerprint density at radius 2 is 1.72 bits per heavy atom. The van der Waals surface area contributed by atoms with Crippen LogP contribution in [0.4, 0.5) is 0 Å². The van der Waals surface area contributed by atoms with Gasteiger partial charge in [-0.1, -0.05) is 6.42 Å². The Morgan fingerprint density at radius 1 is 1.11 bits per heavy atom. The zero-order valence-electron chi connectivity index (χ0n) is 11.2. The van der Waals surface area contributed by atoms with E-state index >= 15 is 0 Å². The molecule has 0 aliphatic rings. The molecule has 0 heterocycles. The highest BCUT2D eigenvalue weighted by Crippen LogP contribution is 2.05. The first-order chi connectivity index (χ1) is 8.25. The Labute approximate surface area is 107 Å². The molecular formula is C12H22N2O4. The van der Waals surface area contributed by atoms with Crippen molar-refractivity contribution in [2.75, 3.05) is 6.54 Å². The Kier molecular flexibility index (Phi) is 7.00. The van der Waals surface area contributed by atoms with Gasteiger partial charge < -0.3 is 15.7 Å². The van der Waals surface area contributed by atoms with Gasteiger partial charge in [0.15, 0.2) is 0 Å². The fraction of sp³-hybridized carbons (Fsp3) is 0.750. The number of carboxylic acid groups (broad SMARTS) is 1. The van der Waals surface area contributed by atoms with Gasteiger partial charge in [-0.2, -0.15) is 0 Å². The average molecular weight is 258 g/mol. The average Bonchev–Trinajstić information content (AvgIpc) is 2.21. The van der Waals surface area contributed by atoms with Gasteiger partial charge in [0.1, 0.15) is 5.54 Å². The number of rotatable bonds is 8. The molecule has 0 radical (unpaired) electrons. The first kappa shape index (κ1) is 16.4. The van der Waals surface area contributed by atoms with E-state index in [0.29, 0.717) is 19.4 Å². The van der Waals surface area contributed by atoms with Crippen LogP contribution in [0.25, 0.3) is 0 Å². The third kappa shape index (κ3) is 7.65. The van der Waals surface area contributed by atoms with E-state index in [-0.39, 0.29) is 11.8 Å². The zero-order chi connectivity index (χ0) is 14.2. The molecule has 0 aromatic carbocycles. The molecule has 0 spiro atoms. The number of carboxylic acids is 1. The Morgan fingerprint density at radius 3 is 2.22 bits per heavy atom. The molecule has 18 heavy (non-hydrogen) atoms. The van der Waals surface area contributed by atoms with E-state index in [1.54, 1.807) is 0 Å². The molecule has 0 atom stereocenters. The first-order valence-electron chi connectivity index (χ1n) is 6.04. The highest BCUT2D eigenvalue weighted by atomic mass is 16.4. The minimum absolute atomic E-state index is 0.0593. The lowest BCUT2D eigenvalue weighted by Gasteiger charge is -2.20. The second-order valence-electron chi connectivity index (χ2n) is 4.77. The van der Waals surface area contributed by atoms with Gasteiger partial charge in [0, 0.05) is 19.9 Å². The normalized spacial score (nSPS) is 10.8. The predicted molar refractivity (Wildman–Crippen MR) is 67.0 cm³/mol. The lowest BCUT2D eigenvalue weighted by molar-refractivity contribution is -0.146. The van der Waals surface area contributed by atoms with Crippen molar-refractivity contribution in [2.24, 2.45) is 0 Å². The minimum atomic E-state index is -1.23. The van der Waals surface area contributed by atoms with Crippen molar-refractivity contribution >= 4 is 17.8 Å². The number of amides is 2. The number of unbranched alkanes of at least 4 members (excludes halogenated alkanes) is 2. The zero-order valence-corrected chi connectivity index (χ0v) is 11.2. The van der Waals surface area contributed by atoms with E-state index in [1.165, 1.54) is 20.8 Å². The van der Waals surface area contributed by atoms with Gasteiger partial charge in [0.25, 0.3) is 0 Å². The molecule has 0 saturated heterocycles. The van der Waals surface area contributed by atoms with Gasteiger partial charge >= 0.3 is 5.97 Å². The summed E-state index contributed by atoms with van der Waals surface area (Å²) in [6, 6.07) is 0. The fourth-order valence-electron chi connectivity index (χ4n) is 1.32. The maximum absolute atomic E-state index is 11.5. The van der Waals surface area contributed by atoms with E-state index < -0.39 is 11.5 Å². The molecule has 104 valence electrons. The van der Waals surface area contributed by atoms with Gasteiger partial charge in [-0.3, -0.25) is 9.59 Å². The van der Waals surface area contributed by atoms with Crippen molar-refractivity contribution in [3.63, 3.8) is 0 Å². The van der Waals surface area contributed by atoms with Crippen molar-refractivity contribution < 1.29 is 19.5 Å². The summed E-state index contributed by atoms with van der Waals surface area (Å²) in [5.41, 5.74) is -1.23. The van der Waals surface area contributed by atoms with E-state index in [0.717, 1.165) is 12.8 Å². The van der Waals surface area contributed by atoms with Crippen LogP contribution in [0.1, 0.15) is 46.5 Å². The van der Waals surface area contributed by atoms with Crippen LogP contribution >= 0.6 is 0 Å². The summed E-state index contributed by atoms with van der Waals surface area (Å²) in [7, 11) is 0. The topological polar surface area (TPSA) is 95.5 Å². The summed E-state index contributed by atoms with van der Waals surface area (Å²) < 4.78 is 0. The number of aliphatic carboxylic acids is 1. The molecule has 0 bridgehead atoms. The number of carbonyl (C=O) groups is 3. The first-order valence-corrected chi connectivity index (χ1v) is 6.04. The second kappa shape index (κ2) is 7.68. The van der Waals surface area contributed by atoms with Crippen molar-refractivity contribution in [3.05, 3.63) is 0 Å². The predicted octanol–water partition coefficient (Wildman–Crippen LogP) is 0.662. The smallest absolute Gasteiger partial charge is 0.328 e. The third-order valence-corrected chi connectivity index (χ3v) is 2.44. The Balaban J connectivity index is 3.66. The summed E-state index contributed by atoms with van der Waals surface area (Å²) in [6.45, 7) is 4.97. The van der Waals surface area contributed by atoms with Crippen LogP contribution in [0.5, 0.6) is 0 Å². The van der Waals surface area contributed by atoms with Gasteiger partial charge in [0.2, 0.25) is 11.8 Å². The molecule has 0 saturated carbocycles. The molecule has 6 heteroatoms. The van der Waals surface area contributed by atoms with Gasteiger partial charge in [-0.25, -0.2) is 4.79 Å². The van der Waals surface area contributed by atoms with Gasteiger partial charge in [0.05, 0.1) is 0 Å². The maximum atomic E-state index is 11.5. The summed E-state index contributed by atoms with van der Waals surface area (Å²) in [6.07, 6.45) is 2.62. The maximum Gasteiger partial charge on any atom is 0.328 e. The summed E-state index contributed by atoms with van der Waals surface area (Å²) in [4.78, 5) is 32.8. The monoisotopic (exact) mass is 258 g/mol. The fourth-order valence-corrected chi connectivity index (χ4v) is 1.32. The number of carbonyl (C=O) groups excluding carboxylic acids is 2. The van der Waals surface area contributed by atoms with Crippen molar-refractivity contribution in [2.45, 2.75) is 52.0 Å². The number of nitrogens with one attached hydrogen (secondary N) is 2. The van der Waals surface area contributed by atoms with Gasteiger partial charge in [-0.15, -0.1) is 0 Å². The molecule has 6 nitrogen and oxygen atoms in total. The molecule has 0 aliphatic carbocycles. The highest BCUT2D eigenvalue weighted by Gasteiger charge is 2.28. The van der Waals surface area contributed by atoms with Crippen LogP contribution in [-0.4, -0.2) is 35.0 Å². The number of hydrogen-bond acceptors (Lipinski definition) is 3. The molecule has 0 rings (SSSR count). The van der Waals surface area contributed by atoms with Crippen LogP contribution in [-0.2, 0) is 14.4 Å². The lowest BCUT2D eigenvalue weighted by Crippen LogP contribution is -2.49. The lowest BCUT2D eigenvalue weighted by atomic mass is 10.1. The van der Waals surface area contributed by atoms with E-state index in [9.17, 15) is 14.4 Å². The largest absolute Gasteiger partial charge is 0.480 e. The molecular weight excluding hydrogens is 236 g/mol. The van der Waals surface area contributed by atoms with Crippen LogP contribution in [0.15, 0.2) is 0 Å². The summed E-state index contributed by atoms with van der Waals surface area (Å²) >= 11 is 0. The third-order valence-electron chi connectivity index (χ3n) is 2.44. The highest BCUT2D eigenvalue weighted by molar-refractivity contribution is 5.86. The SMILES string of the molecule is CC(=O)NCCCCCC(=O)NC(C)(C)C(=O)O. The van der Waals surface area contributed by atoms with Crippen LogP contribution < -0.4 is 10.6 Å². The molecule has 0 unspecified atom stereocenters. The van der Waals surface area contributed by atoms with Crippen molar-refractivity contribution in [1.82, 2.24) is 10.6 Å². The summed E-state index contributed by atoms with van der Waals surface area (Å²) in [5, 5.41) is 14.0.